The van der Waals surface area contributed by atoms with Crippen molar-refractivity contribution in [2.24, 2.45) is 0 Å². The van der Waals surface area contributed by atoms with E-state index in [2.05, 4.69) is 15.3 Å². The third kappa shape index (κ3) is 4.97. The van der Waals surface area contributed by atoms with Crippen LogP contribution in [0.25, 0.3) is 27.8 Å². The van der Waals surface area contributed by atoms with Gasteiger partial charge in [0, 0.05) is 41.7 Å². The van der Waals surface area contributed by atoms with Crippen molar-refractivity contribution in [2.75, 3.05) is 33.4 Å². The summed E-state index contributed by atoms with van der Waals surface area (Å²) in [5, 5.41) is 9.72. The third-order valence-electron chi connectivity index (χ3n) is 6.03. The number of fused-ring (bicyclic) bond motifs is 1. The minimum atomic E-state index is -0.261. The van der Waals surface area contributed by atoms with Gasteiger partial charge in [-0.05, 0) is 55.0 Å². The zero-order valence-corrected chi connectivity index (χ0v) is 19.9. The van der Waals surface area contributed by atoms with E-state index in [-0.39, 0.29) is 17.6 Å². The smallest absolute Gasteiger partial charge is 0.258 e. The topological polar surface area (TPSA) is 102 Å². The van der Waals surface area contributed by atoms with Gasteiger partial charge in [-0.15, -0.1) is 5.10 Å². The number of methoxy groups -OCH3 is 1. The molecule has 1 fully saturated rings. The number of carbonyl (C=O) groups excluding carboxylic acids is 1. The van der Waals surface area contributed by atoms with Crippen molar-refractivity contribution in [1.82, 2.24) is 24.9 Å². The number of benzene rings is 2. The first-order valence-electron chi connectivity index (χ1n) is 11.3. The first-order valence-corrected chi connectivity index (χ1v) is 11.6. The lowest BCUT2D eigenvalue weighted by Crippen LogP contribution is -2.30. The van der Waals surface area contributed by atoms with Gasteiger partial charge in [0.25, 0.3) is 11.5 Å². The van der Waals surface area contributed by atoms with E-state index in [1.807, 2.05) is 0 Å². The van der Waals surface area contributed by atoms with Gasteiger partial charge in [-0.2, -0.15) is 0 Å². The number of nitrogens with zero attached hydrogens (tertiary/aromatic N) is 4. The normalized spacial score (nSPS) is 15.7. The fraction of sp³-hybridized carbons (Fsp3) is 0.280. The largest absolute Gasteiger partial charge is 0.382 e. The number of ether oxygens (including phenoxy) is 2. The Hall–Kier alpha value is -3.53. The van der Waals surface area contributed by atoms with E-state index in [1.54, 1.807) is 71.4 Å². The van der Waals surface area contributed by atoms with Gasteiger partial charge in [0.05, 0.1) is 36.8 Å². The number of halogens is 1. The van der Waals surface area contributed by atoms with Gasteiger partial charge in [-0.25, -0.2) is 4.68 Å². The minimum Gasteiger partial charge on any atom is -0.382 e. The van der Waals surface area contributed by atoms with Crippen LogP contribution in [0.3, 0.4) is 0 Å². The Bertz CT molecular complexity index is 1420. The fourth-order valence-electron chi connectivity index (χ4n) is 4.17. The molecule has 1 aliphatic rings. The first kappa shape index (κ1) is 23.2. The van der Waals surface area contributed by atoms with Crippen LogP contribution in [-0.4, -0.2) is 70.3 Å². The van der Waals surface area contributed by atoms with Gasteiger partial charge >= 0.3 is 0 Å². The van der Waals surface area contributed by atoms with Crippen molar-refractivity contribution in [2.45, 2.75) is 12.5 Å². The maximum Gasteiger partial charge on any atom is 0.258 e. The van der Waals surface area contributed by atoms with E-state index in [0.29, 0.717) is 53.7 Å². The standard InChI is InChI=1S/C25H24ClN5O4/c1-34-10-11-35-20-8-9-30(14-20)25(33)16-2-5-19(6-3-16)31-15-23(28-29-31)21-13-17-12-18(26)4-7-22(17)27-24(21)32/h2-7,12-13,15,20H,8-11,14H2,1H3,(H,27,32)/t20-/m1/s1. The second-order valence-electron chi connectivity index (χ2n) is 8.36. The Balaban J connectivity index is 1.30. The van der Waals surface area contributed by atoms with Crippen LogP contribution in [0.15, 0.2) is 59.5 Å². The summed E-state index contributed by atoms with van der Waals surface area (Å²) in [4.78, 5) is 30.1. The number of likely N-dealkylation sites (tertiary alicyclic amines) is 1. The maximum atomic E-state index is 12.9. The van der Waals surface area contributed by atoms with Crippen LogP contribution in [0.2, 0.25) is 5.02 Å². The zero-order chi connectivity index (χ0) is 24.4. The lowest BCUT2D eigenvalue weighted by Gasteiger charge is -2.17. The van der Waals surface area contributed by atoms with Crippen molar-refractivity contribution in [3.05, 3.63) is 75.7 Å². The van der Waals surface area contributed by atoms with E-state index < -0.39 is 0 Å². The molecule has 1 atom stereocenters. The highest BCUT2D eigenvalue weighted by molar-refractivity contribution is 6.31. The summed E-state index contributed by atoms with van der Waals surface area (Å²) in [6, 6.07) is 14.2. The number of rotatable bonds is 7. The molecule has 1 amide bonds. The number of aromatic amines is 1. The number of amides is 1. The van der Waals surface area contributed by atoms with E-state index in [9.17, 15) is 9.59 Å². The number of H-pyrrole nitrogens is 1. The van der Waals surface area contributed by atoms with Crippen molar-refractivity contribution < 1.29 is 14.3 Å². The summed E-state index contributed by atoms with van der Waals surface area (Å²) in [6.45, 7) is 2.30. The Morgan fingerprint density at radius 2 is 2.00 bits per heavy atom. The summed E-state index contributed by atoms with van der Waals surface area (Å²) in [7, 11) is 1.64. The summed E-state index contributed by atoms with van der Waals surface area (Å²) in [5.74, 6) is -0.0324. The summed E-state index contributed by atoms with van der Waals surface area (Å²) in [6.07, 6.45) is 2.53. The van der Waals surface area contributed by atoms with Crippen LogP contribution in [0, 0.1) is 0 Å². The Morgan fingerprint density at radius 3 is 2.80 bits per heavy atom. The van der Waals surface area contributed by atoms with Gasteiger partial charge in [0.1, 0.15) is 5.69 Å². The summed E-state index contributed by atoms with van der Waals surface area (Å²) in [5.41, 5.74) is 2.58. The van der Waals surface area contributed by atoms with Gasteiger partial charge in [-0.1, -0.05) is 16.8 Å². The molecule has 1 N–H and O–H groups in total. The predicted octanol–water partition coefficient (Wildman–Crippen LogP) is 3.31. The number of carbonyl (C=O) groups is 1. The van der Waals surface area contributed by atoms with Gasteiger partial charge < -0.3 is 19.4 Å². The Morgan fingerprint density at radius 1 is 1.17 bits per heavy atom. The molecular formula is C25H24ClN5O4. The van der Waals surface area contributed by atoms with E-state index in [0.717, 1.165) is 17.5 Å². The quantitative estimate of drug-likeness (QED) is 0.396. The molecule has 0 spiro atoms. The van der Waals surface area contributed by atoms with Crippen molar-refractivity contribution in [3.63, 3.8) is 0 Å². The van der Waals surface area contributed by atoms with Crippen LogP contribution in [-0.2, 0) is 9.47 Å². The van der Waals surface area contributed by atoms with Crippen molar-refractivity contribution in [1.29, 1.82) is 0 Å². The predicted molar refractivity (Wildman–Crippen MR) is 132 cm³/mol. The highest BCUT2D eigenvalue weighted by Crippen LogP contribution is 2.22. The van der Waals surface area contributed by atoms with E-state index in [4.69, 9.17) is 21.1 Å². The number of hydrogen-bond acceptors (Lipinski definition) is 6. The lowest BCUT2D eigenvalue weighted by atomic mass is 10.1. The zero-order valence-electron chi connectivity index (χ0n) is 19.1. The Labute approximate surface area is 206 Å². The number of pyridine rings is 1. The van der Waals surface area contributed by atoms with Crippen molar-refractivity contribution >= 4 is 28.4 Å². The molecule has 10 heteroatoms. The molecule has 35 heavy (non-hydrogen) atoms. The average molecular weight is 494 g/mol. The van der Waals surface area contributed by atoms with Crippen LogP contribution < -0.4 is 5.56 Å². The minimum absolute atomic E-state index is 0.0324. The van der Waals surface area contributed by atoms with E-state index in [1.165, 1.54) is 0 Å². The molecule has 1 aliphatic heterocycles. The molecule has 5 rings (SSSR count). The molecule has 9 nitrogen and oxygen atoms in total. The van der Waals surface area contributed by atoms with Crippen LogP contribution in [0.5, 0.6) is 0 Å². The highest BCUT2D eigenvalue weighted by Gasteiger charge is 2.27. The monoisotopic (exact) mass is 493 g/mol. The molecule has 1 saturated heterocycles. The van der Waals surface area contributed by atoms with Gasteiger partial charge in [-0.3, -0.25) is 9.59 Å². The van der Waals surface area contributed by atoms with Gasteiger partial charge in [0.15, 0.2) is 0 Å². The number of nitrogens with one attached hydrogen (secondary N) is 1. The fourth-order valence-corrected chi connectivity index (χ4v) is 4.35. The molecule has 3 heterocycles. The molecule has 4 aromatic rings. The van der Waals surface area contributed by atoms with Crippen LogP contribution in [0.1, 0.15) is 16.8 Å². The first-order chi connectivity index (χ1) is 17.0. The molecule has 0 bridgehead atoms. The SMILES string of the molecule is COCCO[C@@H]1CCN(C(=O)c2ccc(-n3cc(-c4cc5cc(Cl)ccc5[nH]c4=O)nn3)cc2)C1. The number of hydrogen-bond donors (Lipinski definition) is 1. The van der Waals surface area contributed by atoms with E-state index >= 15 is 0 Å². The highest BCUT2D eigenvalue weighted by atomic mass is 35.5. The average Bonchev–Trinajstić information content (AvgIpc) is 3.54. The molecule has 0 saturated carbocycles. The third-order valence-corrected chi connectivity index (χ3v) is 6.26. The molecule has 0 radical (unpaired) electrons. The molecule has 0 unspecified atom stereocenters. The second kappa shape index (κ2) is 9.99. The summed E-state index contributed by atoms with van der Waals surface area (Å²) >= 11 is 6.09. The molecule has 0 aliphatic carbocycles. The molecular weight excluding hydrogens is 470 g/mol. The van der Waals surface area contributed by atoms with Crippen molar-refractivity contribution in [3.8, 4) is 16.9 Å². The van der Waals surface area contributed by atoms with Gasteiger partial charge in [0.2, 0.25) is 0 Å². The lowest BCUT2D eigenvalue weighted by molar-refractivity contribution is 0.0218. The molecule has 2 aromatic heterocycles. The van der Waals surface area contributed by atoms with Crippen LogP contribution >= 0.6 is 11.6 Å². The second-order valence-corrected chi connectivity index (χ2v) is 8.80. The van der Waals surface area contributed by atoms with Crippen LogP contribution in [0.4, 0.5) is 0 Å². The molecule has 180 valence electrons. The summed E-state index contributed by atoms with van der Waals surface area (Å²) < 4.78 is 12.3. The number of aromatic nitrogens is 4. The molecule has 2 aromatic carbocycles. The maximum absolute atomic E-state index is 12.9. The Kier molecular flexibility index (Phi) is 6.63.